The third-order valence-corrected chi connectivity index (χ3v) is 3.57. The van der Waals surface area contributed by atoms with Crippen LogP contribution in [0, 0.1) is 6.07 Å². The summed E-state index contributed by atoms with van der Waals surface area (Å²) in [5, 5.41) is 0. The normalized spacial score (nSPS) is 12.1. The predicted octanol–water partition coefficient (Wildman–Crippen LogP) is 2.92. The Labute approximate surface area is 108 Å². The molecular weight excluding hydrogens is 278 g/mol. The molecule has 1 aliphatic carbocycles. The van der Waals surface area contributed by atoms with Crippen molar-refractivity contribution in [2.24, 2.45) is 5.73 Å². The first-order valence-electron chi connectivity index (χ1n) is 5.29. The molecule has 0 aliphatic heterocycles. The zero-order valence-corrected chi connectivity index (χ0v) is 10.5. The van der Waals surface area contributed by atoms with Crippen LogP contribution in [0.5, 0.6) is 0 Å². The van der Waals surface area contributed by atoms with Gasteiger partial charge in [-0.25, -0.2) is 0 Å². The summed E-state index contributed by atoms with van der Waals surface area (Å²) in [7, 11) is 0. The van der Waals surface area contributed by atoms with Crippen LogP contribution >= 0.6 is 15.9 Å². The minimum atomic E-state index is -0.409. The number of carbonyl (C=O) groups excluding carboxylic acids is 1. The molecule has 0 aromatic heterocycles. The molecule has 3 rings (SSSR count). The van der Waals surface area contributed by atoms with Crippen LogP contribution in [0.4, 0.5) is 0 Å². The van der Waals surface area contributed by atoms with E-state index in [1.54, 1.807) is 6.07 Å². The molecule has 1 radical (unpaired) electrons. The lowest BCUT2D eigenvalue weighted by Gasteiger charge is -2.03. The molecule has 0 spiro atoms. The summed E-state index contributed by atoms with van der Waals surface area (Å²) in [5.41, 5.74) is 10.4. The van der Waals surface area contributed by atoms with Gasteiger partial charge in [0, 0.05) is 4.47 Å². The second-order valence-electron chi connectivity index (χ2n) is 4.09. The van der Waals surface area contributed by atoms with E-state index < -0.39 is 5.91 Å². The summed E-state index contributed by atoms with van der Waals surface area (Å²) in [6, 6.07) is 12.8. The van der Waals surface area contributed by atoms with Gasteiger partial charge in [0.15, 0.2) is 0 Å². The number of nitrogens with two attached hydrogens (primary N) is 1. The van der Waals surface area contributed by atoms with E-state index in [9.17, 15) is 4.79 Å². The largest absolute Gasteiger partial charge is 0.366 e. The number of hydrogen-bond donors (Lipinski definition) is 1. The molecule has 1 aliphatic rings. The van der Waals surface area contributed by atoms with Crippen LogP contribution in [0.1, 0.15) is 21.5 Å². The van der Waals surface area contributed by atoms with E-state index in [4.69, 9.17) is 5.73 Å². The maximum absolute atomic E-state index is 11.4. The average molecular weight is 287 g/mol. The lowest BCUT2D eigenvalue weighted by atomic mass is 10.0. The SMILES string of the molecule is NC(=O)c1[c]ccc2c1Cc1cc(Br)ccc1-2. The molecule has 0 saturated heterocycles. The third-order valence-electron chi connectivity index (χ3n) is 3.08. The topological polar surface area (TPSA) is 43.1 Å². The molecule has 0 atom stereocenters. The number of benzene rings is 2. The van der Waals surface area contributed by atoms with Crippen molar-refractivity contribution < 1.29 is 4.79 Å². The quantitative estimate of drug-likeness (QED) is 0.734. The monoisotopic (exact) mass is 286 g/mol. The van der Waals surface area contributed by atoms with E-state index >= 15 is 0 Å². The average Bonchev–Trinajstić information content (AvgIpc) is 2.65. The van der Waals surface area contributed by atoms with Gasteiger partial charge >= 0.3 is 0 Å². The van der Waals surface area contributed by atoms with Crippen LogP contribution in [0.3, 0.4) is 0 Å². The van der Waals surface area contributed by atoms with Gasteiger partial charge in [-0.15, -0.1) is 0 Å². The Hall–Kier alpha value is -1.61. The van der Waals surface area contributed by atoms with Crippen molar-refractivity contribution >= 4 is 21.8 Å². The smallest absolute Gasteiger partial charge is 0.249 e. The minimum Gasteiger partial charge on any atom is -0.366 e. The molecule has 3 heteroatoms. The molecule has 1 amide bonds. The van der Waals surface area contributed by atoms with Crippen LogP contribution in [0.25, 0.3) is 11.1 Å². The Kier molecular flexibility index (Phi) is 2.30. The van der Waals surface area contributed by atoms with Crippen molar-refractivity contribution in [1.82, 2.24) is 0 Å². The highest BCUT2D eigenvalue weighted by Gasteiger charge is 2.22. The summed E-state index contributed by atoms with van der Waals surface area (Å²) in [5.74, 6) is -0.409. The zero-order chi connectivity index (χ0) is 12.0. The van der Waals surface area contributed by atoms with E-state index in [0.29, 0.717) is 5.56 Å². The second-order valence-corrected chi connectivity index (χ2v) is 5.00. The zero-order valence-electron chi connectivity index (χ0n) is 8.96. The highest BCUT2D eigenvalue weighted by atomic mass is 79.9. The van der Waals surface area contributed by atoms with Gasteiger partial charge in [0.2, 0.25) is 5.91 Å². The van der Waals surface area contributed by atoms with Gasteiger partial charge in [-0.1, -0.05) is 34.1 Å². The molecule has 17 heavy (non-hydrogen) atoms. The minimum absolute atomic E-state index is 0.409. The Morgan fingerprint density at radius 3 is 2.88 bits per heavy atom. The molecule has 0 saturated carbocycles. The van der Waals surface area contributed by atoms with Crippen molar-refractivity contribution in [3.8, 4) is 11.1 Å². The highest BCUT2D eigenvalue weighted by Crippen LogP contribution is 2.39. The third kappa shape index (κ3) is 1.58. The Morgan fingerprint density at radius 2 is 2.12 bits per heavy atom. The molecule has 2 N–H and O–H groups in total. The summed E-state index contributed by atoms with van der Waals surface area (Å²) < 4.78 is 1.05. The fraction of sp³-hybridized carbons (Fsp3) is 0.0714. The van der Waals surface area contributed by atoms with E-state index in [0.717, 1.165) is 22.0 Å². The lowest BCUT2D eigenvalue weighted by Crippen LogP contribution is -2.13. The van der Waals surface area contributed by atoms with Crippen LogP contribution < -0.4 is 5.73 Å². The summed E-state index contributed by atoms with van der Waals surface area (Å²) in [4.78, 5) is 11.4. The highest BCUT2D eigenvalue weighted by molar-refractivity contribution is 9.10. The van der Waals surface area contributed by atoms with Crippen LogP contribution in [0.2, 0.25) is 0 Å². The number of halogens is 1. The summed E-state index contributed by atoms with van der Waals surface area (Å²) >= 11 is 3.46. The van der Waals surface area contributed by atoms with E-state index in [1.807, 2.05) is 12.1 Å². The van der Waals surface area contributed by atoms with Crippen molar-refractivity contribution in [2.45, 2.75) is 6.42 Å². The van der Waals surface area contributed by atoms with Crippen LogP contribution in [-0.4, -0.2) is 5.91 Å². The van der Waals surface area contributed by atoms with Crippen molar-refractivity contribution in [3.05, 3.63) is 57.6 Å². The van der Waals surface area contributed by atoms with E-state index in [-0.39, 0.29) is 0 Å². The van der Waals surface area contributed by atoms with E-state index in [2.05, 4.69) is 34.1 Å². The fourth-order valence-electron chi connectivity index (χ4n) is 2.35. The Morgan fingerprint density at radius 1 is 1.29 bits per heavy atom. The maximum atomic E-state index is 11.4. The maximum Gasteiger partial charge on any atom is 0.249 e. The molecule has 0 heterocycles. The van der Waals surface area contributed by atoms with E-state index in [1.165, 1.54) is 11.1 Å². The Balaban J connectivity index is 2.25. The number of hydrogen-bond acceptors (Lipinski definition) is 1. The molecule has 2 nitrogen and oxygen atoms in total. The molecule has 0 unspecified atom stereocenters. The van der Waals surface area contributed by atoms with Crippen molar-refractivity contribution in [1.29, 1.82) is 0 Å². The lowest BCUT2D eigenvalue weighted by molar-refractivity contribution is 0.0999. The van der Waals surface area contributed by atoms with Gasteiger partial charge in [0.1, 0.15) is 0 Å². The van der Waals surface area contributed by atoms with Gasteiger partial charge in [0.05, 0.1) is 5.56 Å². The number of carbonyl (C=O) groups is 1. The van der Waals surface area contributed by atoms with Gasteiger partial charge in [-0.3, -0.25) is 4.79 Å². The molecule has 83 valence electrons. The summed E-state index contributed by atoms with van der Waals surface area (Å²) in [6.45, 7) is 0. The predicted molar refractivity (Wildman–Crippen MR) is 69.7 cm³/mol. The van der Waals surface area contributed by atoms with Gasteiger partial charge in [-0.05, 0) is 46.9 Å². The van der Waals surface area contributed by atoms with Gasteiger partial charge in [-0.2, -0.15) is 0 Å². The number of primary amides is 1. The van der Waals surface area contributed by atoms with Crippen molar-refractivity contribution in [3.63, 3.8) is 0 Å². The van der Waals surface area contributed by atoms with Crippen LogP contribution in [0.15, 0.2) is 34.8 Å². The molecule has 2 aromatic rings. The number of rotatable bonds is 1. The standard InChI is InChI=1S/C14H9BrNO/c15-9-4-5-10-8(6-9)7-13-11(10)2-1-3-12(13)14(16)17/h1-2,4-6H,7H2,(H2,16,17). The number of fused-ring (bicyclic) bond motifs is 3. The Bertz CT molecular complexity index is 634. The van der Waals surface area contributed by atoms with Crippen LogP contribution in [-0.2, 0) is 6.42 Å². The summed E-state index contributed by atoms with van der Waals surface area (Å²) in [6.07, 6.45) is 0.750. The first-order chi connectivity index (χ1) is 8.16. The van der Waals surface area contributed by atoms with Crippen molar-refractivity contribution in [2.75, 3.05) is 0 Å². The fourth-order valence-corrected chi connectivity index (χ4v) is 2.76. The molecular formula is C14H9BrNO. The molecule has 0 fully saturated rings. The first-order valence-corrected chi connectivity index (χ1v) is 6.08. The van der Waals surface area contributed by atoms with Gasteiger partial charge in [0.25, 0.3) is 0 Å². The first kappa shape index (κ1) is 10.5. The molecule has 2 aromatic carbocycles. The number of amides is 1. The van der Waals surface area contributed by atoms with Gasteiger partial charge < -0.3 is 5.73 Å². The second kappa shape index (κ2) is 3.70. The molecule has 0 bridgehead atoms.